The molecule has 114 valence electrons. The van der Waals surface area contributed by atoms with Crippen LogP contribution in [0.15, 0.2) is 42.6 Å². The highest BCUT2D eigenvalue weighted by Crippen LogP contribution is 2.22. The summed E-state index contributed by atoms with van der Waals surface area (Å²) in [4.78, 5) is 28.1. The number of amides is 2. The van der Waals surface area contributed by atoms with E-state index in [1.165, 1.54) is 11.0 Å². The van der Waals surface area contributed by atoms with Crippen molar-refractivity contribution in [2.45, 2.75) is 13.5 Å². The lowest BCUT2D eigenvalue weighted by molar-refractivity contribution is -0.385. The van der Waals surface area contributed by atoms with Crippen LogP contribution in [0.2, 0.25) is 0 Å². The third-order valence-corrected chi connectivity index (χ3v) is 3.13. The van der Waals surface area contributed by atoms with Crippen LogP contribution in [-0.2, 0) is 6.54 Å². The third-order valence-electron chi connectivity index (χ3n) is 3.13. The molecule has 1 aromatic carbocycles. The van der Waals surface area contributed by atoms with Crippen LogP contribution in [0.1, 0.15) is 11.3 Å². The SMILES string of the molecule is Cc1ccc(NC(=O)N(C)Cc2ccccn2)cc1[N+](=O)[O-]. The van der Waals surface area contributed by atoms with E-state index < -0.39 is 4.92 Å². The van der Waals surface area contributed by atoms with E-state index in [4.69, 9.17) is 0 Å². The monoisotopic (exact) mass is 300 g/mol. The van der Waals surface area contributed by atoms with Crippen molar-refractivity contribution in [3.63, 3.8) is 0 Å². The number of carbonyl (C=O) groups is 1. The molecular weight excluding hydrogens is 284 g/mol. The second-order valence-electron chi connectivity index (χ2n) is 4.87. The number of rotatable bonds is 4. The molecule has 0 saturated heterocycles. The second-order valence-corrected chi connectivity index (χ2v) is 4.87. The Morgan fingerprint density at radius 2 is 2.14 bits per heavy atom. The average Bonchev–Trinajstić information content (AvgIpc) is 2.49. The first-order valence-electron chi connectivity index (χ1n) is 6.64. The number of nitro benzene ring substituents is 1. The maximum Gasteiger partial charge on any atom is 0.321 e. The highest BCUT2D eigenvalue weighted by atomic mass is 16.6. The highest BCUT2D eigenvalue weighted by Gasteiger charge is 2.14. The number of carbonyl (C=O) groups excluding carboxylic acids is 1. The molecule has 2 aromatic rings. The Labute approximate surface area is 127 Å². The number of nitro groups is 1. The predicted molar refractivity (Wildman–Crippen MR) is 82.6 cm³/mol. The number of hydrogen-bond donors (Lipinski definition) is 1. The van der Waals surface area contributed by atoms with Crippen LogP contribution < -0.4 is 5.32 Å². The fraction of sp³-hybridized carbons (Fsp3) is 0.200. The van der Waals surface area contributed by atoms with Crippen LogP contribution >= 0.6 is 0 Å². The molecule has 0 fully saturated rings. The summed E-state index contributed by atoms with van der Waals surface area (Å²) in [6, 6.07) is 9.69. The molecule has 22 heavy (non-hydrogen) atoms. The van der Waals surface area contributed by atoms with Gasteiger partial charge < -0.3 is 10.2 Å². The van der Waals surface area contributed by atoms with Gasteiger partial charge >= 0.3 is 6.03 Å². The average molecular weight is 300 g/mol. The van der Waals surface area contributed by atoms with Gasteiger partial charge in [0.25, 0.3) is 5.69 Å². The van der Waals surface area contributed by atoms with Crippen molar-refractivity contribution in [1.82, 2.24) is 9.88 Å². The van der Waals surface area contributed by atoms with Gasteiger partial charge in [0.1, 0.15) is 0 Å². The van der Waals surface area contributed by atoms with Gasteiger partial charge in [0.05, 0.1) is 17.2 Å². The summed E-state index contributed by atoms with van der Waals surface area (Å²) in [6.07, 6.45) is 1.66. The van der Waals surface area contributed by atoms with E-state index >= 15 is 0 Å². The van der Waals surface area contributed by atoms with Crippen LogP contribution in [0, 0.1) is 17.0 Å². The molecule has 7 nitrogen and oxygen atoms in total. The van der Waals surface area contributed by atoms with Crippen molar-refractivity contribution < 1.29 is 9.72 Å². The molecule has 0 aliphatic carbocycles. The molecule has 1 N–H and O–H groups in total. The summed E-state index contributed by atoms with van der Waals surface area (Å²) < 4.78 is 0. The minimum absolute atomic E-state index is 0.0230. The number of pyridine rings is 1. The highest BCUT2D eigenvalue weighted by molar-refractivity contribution is 5.89. The standard InChI is InChI=1S/C15H16N4O3/c1-11-6-7-12(9-14(11)19(21)22)17-15(20)18(2)10-13-5-3-4-8-16-13/h3-9H,10H2,1-2H3,(H,17,20). The maximum atomic E-state index is 12.1. The smallest absolute Gasteiger partial charge is 0.321 e. The van der Waals surface area contributed by atoms with Gasteiger partial charge in [-0.25, -0.2) is 4.79 Å². The molecule has 1 aromatic heterocycles. The molecule has 0 spiro atoms. The lowest BCUT2D eigenvalue weighted by Crippen LogP contribution is -2.31. The molecule has 0 atom stereocenters. The Bertz CT molecular complexity index is 688. The molecule has 0 radical (unpaired) electrons. The quantitative estimate of drug-likeness (QED) is 0.694. The summed E-state index contributed by atoms with van der Waals surface area (Å²) in [5, 5.41) is 13.5. The van der Waals surface area contributed by atoms with Crippen LogP contribution in [0.5, 0.6) is 0 Å². The van der Waals surface area contributed by atoms with Crippen molar-refractivity contribution >= 4 is 17.4 Å². The minimum Gasteiger partial charge on any atom is -0.322 e. The summed E-state index contributed by atoms with van der Waals surface area (Å²) >= 11 is 0. The zero-order valence-corrected chi connectivity index (χ0v) is 12.3. The van der Waals surface area contributed by atoms with E-state index in [0.717, 1.165) is 5.69 Å². The Kier molecular flexibility index (Phi) is 4.67. The van der Waals surface area contributed by atoms with E-state index in [1.807, 2.05) is 12.1 Å². The minimum atomic E-state index is -0.470. The Hall–Kier alpha value is -2.96. The number of hydrogen-bond acceptors (Lipinski definition) is 4. The third kappa shape index (κ3) is 3.78. The van der Waals surface area contributed by atoms with Gasteiger partial charge in [-0.05, 0) is 25.1 Å². The van der Waals surface area contributed by atoms with Gasteiger partial charge in [0.2, 0.25) is 0 Å². The number of aryl methyl sites for hydroxylation is 1. The molecule has 0 aliphatic rings. The number of nitrogens with zero attached hydrogens (tertiary/aromatic N) is 3. The first-order valence-corrected chi connectivity index (χ1v) is 6.64. The molecule has 2 rings (SSSR count). The number of urea groups is 1. The van der Waals surface area contributed by atoms with Gasteiger partial charge in [-0.3, -0.25) is 15.1 Å². The maximum absolute atomic E-state index is 12.1. The van der Waals surface area contributed by atoms with Gasteiger partial charge in [-0.1, -0.05) is 12.1 Å². The van der Waals surface area contributed by atoms with Crippen molar-refractivity contribution in [1.29, 1.82) is 0 Å². The Morgan fingerprint density at radius 3 is 2.77 bits per heavy atom. The lowest BCUT2D eigenvalue weighted by Gasteiger charge is -2.17. The zero-order valence-electron chi connectivity index (χ0n) is 12.3. The second kappa shape index (κ2) is 6.66. The predicted octanol–water partition coefficient (Wildman–Crippen LogP) is 2.96. The van der Waals surface area contributed by atoms with E-state index in [1.54, 1.807) is 38.4 Å². The van der Waals surface area contributed by atoms with E-state index in [-0.39, 0.29) is 11.7 Å². The number of nitrogens with one attached hydrogen (secondary N) is 1. The summed E-state index contributed by atoms with van der Waals surface area (Å²) in [6.45, 7) is 2.00. The molecule has 1 heterocycles. The van der Waals surface area contributed by atoms with Crippen LogP contribution in [0.4, 0.5) is 16.2 Å². The van der Waals surface area contributed by atoms with Gasteiger partial charge in [0, 0.05) is 30.6 Å². The van der Waals surface area contributed by atoms with Gasteiger partial charge in [0.15, 0.2) is 0 Å². The fourth-order valence-corrected chi connectivity index (χ4v) is 1.91. The van der Waals surface area contributed by atoms with E-state index in [0.29, 0.717) is 17.8 Å². The van der Waals surface area contributed by atoms with Crippen molar-refractivity contribution in [2.24, 2.45) is 0 Å². The fourth-order valence-electron chi connectivity index (χ4n) is 1.91. The topological polar surface area (TPSA) is 88.4 Å². The van der Waals surface area contributed by atoms with Crippen molar-refractivity contribution in [2.75, 3.05) is 12.4 Å². The lowest BCUT2D eigenvalue weighted by atomic mass is 10.2. The first kappa shape index (κ1) is 15.4. The molecule has 7 heteroatoms. The van der Waals surface area contributed by atoms with E-state index in [9.17, 15) is 14.9 Å². The molecule has 0 saturated carbocycles. The summed E-state index contributed by atoms with van der Waals surface area (Å²) in [7, 11) is 1.63. The molecule has 2 amide bonds. The summed E-state index contributed by atoms with van der Waals surface area (Å²) in [5.41, 5.74) is 1.67. The van der Waals surface area contributed by atoms with Gasteiger partial charge in [-0.15, -0.1) is 0 Å². The Morgan fingerprint density at radius 1 is 1.36 bits per heavy atom. The summed E-state index contributed by atoms with van der Waals surface area (Å²) in [5.74, 6) is 0. The number of anilines is 1. The van der Waals surface area contributed by atoms with Crippen molar-refractivity contribution in [3.05, 3.63) is 64.0 Å². The van der Waals surface area contributed by atoms with E-state index in [2.05, 4.69) is 10.3 Å². The largest absolute Gasteiger partial charge is 0.322 e. The first-order chi connectivity index (χ1) is 10.5. The number of benzene rings is 1. The molecular formula is C15H16N4O3. The van der Waals surface area contributed by atoms with Crippen LogP contribution in [0.25, 0.3) is 0 Å². The number of aromatic nitrogens is 1. The Balaban J connectivity index is 2.05. The van der Waals surface area contributed by atoms with Crippen LogP contribution in [0.3, 0.4) is 0 Å². The van der Waals surface area contributed by atoms with Crippen molar-refractivity contribution in [3.8, 4) is 0 Å². The molecule has 0 unspecified atom stereocenters. The van der Waals surface area contributed by atoms with Gasteiger partial charge in [-0.2, -0.15) is 0 Å². The zero-order chi connectivity index (χ0) is 16.1. The molecule has 0 aliphatic heterocycles. The normalized spacial score (nSPS) is 10.1. The molecule has 0 bridgehead atoms. The van der Waals surface area contributed by atoms with Crippen LogP contribution in [-0.4, -0.2) is 27.9 Å².